The van der Waals surface area contributed by atoms with E-state index in [1.165, 1.54) is 13.0 Å². The van der Waals surface area contributed by atoms with Crippen molar-refractivity contribution < 1.29 is 62.2 Å². The SMILES string of the molecule is COc1c(C)cc(P(c2cc(C)c(OC)c(C)c2)c2ccccc2C2=CC=C[C]2[C@@H](C)P(c2cc(C(F)(F)F)cc(C(F)(F)F)c2)c2cc(C(F)(F)F)cc(C(F)(F)F)c2)cc1C. The van der Waals surface area contributed by atoms with Crippen LogP contribution in [0.5, 0.6) is 11.5 Å². The zero-order chi connectivity index (χ0) is 46.6. The topological polar surface area (TPSA) is 18.5 Å². The lowest BCUT2D eigenvalue weighted by Crippen LogP contribution is -2.29. The minimum Gasteiger partial charge on any atom is -0.496 e. The second kappa shape index (κ2) is 17.6. The van der Waals surface area contributed by atoms with Crippen molar-refractivity contribution in [3.8, 4) is 11.5 Å². The maximum atomic E-state index is 14.3. The lowest BCUT2D eigenvalue weighted by Gasteiger charge is -2.33. The number of hydrogen-bond acceptors (Lipinski definition) is 2. The van der Waals surface area contributed by atoms with Crippen molar-refractivity contribution in [1.29, 1.82) is 0 Å². The van der Waals surface area contributed by atoms with Crippen LogP contribution in [0.15, 0.2) is 103 Å². The van der Waals surface area contributed by atoms with Crippen LogP contribution in [0, 0.1) is 33.6 Å². The van der Waals surface area contributed by atoms with E-state index in [1.807, 2.05) is 64.1 Å². The van der Waals surface area contributed by atoms with E-state index in [1.54, 1.807) is 38.5 Å². The molecule has 0 unspecified atom stereocenters. The fraction of sp³-hybridized carbons (Fsp3) is 0.255. The maximum Gasteiger partial charge on any atom is 0.416 e. The smallest absolute Gasteiger partial charge is 0.416 e. The number of allylic oxidation sites excluding steroid dienone is 4. The molecule has 0 N–H and O–H groups in total. The Morgan fingerprint density at radius 1 is 0.492 bits per heavy atom. The molecule has 63 heavy (non-hydrogen) atoms. The van der Waals surface area contributed by atoms with E-state index >= 15 is 0 Å². The molecule has 0 aliphatic heterocycles. The average molecular weight is 926 g/mol. The van der Waals surface area contributed by atoms with Gasteiger partial charge in [-0.1, -0.05) is 49.4 Å². The van der Waals surface area contributed by atoms with Gasteiger partial charge < -0.3 is 9.47 Å². The monoisotopic (exact) mass is 925 g/mol. The molecule has 6 rings (SSSR count). The Balaban J connectivity index is 1.61. The molecule has 2 nitrogen and oxygen atoms in total. The minimum atomic E-state index is -5.36. The largest absolute Gasteiger partial charge is 0.496 e. The van der Waals surface area contributed by atoms with Gasteiger partial charge in [0.1, 0.15) is 11.5 Å². The van der Waals surface area contributed by atoms with Crippen LogP contribution in [0.3, 0.4) is 0 Å². The molecule has 0 aromatic heterocycles. The van der Waals surface area contributed by atoms with E-state index in [0.29, 0.717) is 46.9 Å². The lowest BCUT2D eigenvalue weighted by molar-refractivity contribution is -0.144. The van der Waals surface area contributed by atoms with Gasteiger partial charge in [0.05, 0.1) is 36.5 Å². The number of alkyl halides is 12. The molecule has 0 saturated heterocycles. The highest BCUT2D eigenvalue weighted by Gasteiger charge is 2.43. The normalized spacial score (nSPS) is 14.5. The van der Waals surface area contributed by atoms with Gasteiger partial charge in [-0.3, -0.25) is 0 Å². The number of rotatable bonds is 10. The Morgan fingerprint density at radius 3 is 1.21 bits per heavy atom. The second-order valence-electron chi connectivity index (χ2n) is 15.0. The molecule has 0 amide bonds. The Bertz CT molecular complexity index is 2340. The van der Waals surface area contributed by atoms with Crippen LogP contribution in [0.4, 0.5) is 52.7 Å². The molecule has 0 saturated carbocycles. The van der Waals surface area contributed by atoms with E-state index in [-0.39, 0.29) is 18.1 Å². The highest BCUT2D eigenvalue weighted by atomic mass is 31.1. The summed E-state index contributed by atoms with van der Waals surface area (Å²) in [6.07, 6.45) is -16.6. The first-order chi connectivity index (χ1) is 29.2. The number of ether oxygens (including phenoxy) is 2. The lowest BCUT2D eigenvalue weighted by atomic mass is 9.93. The summed E-state index contributed by atoms with van der Waals surface area (Å²) in [4.78, 5) is 0. The van der Waals surface area contributed by atoms with Gasteiger partial charge >= 0.3 is 24.7 Å². The van der Waals surface area contributed by atoms with Crippen LogP contribution >= 0.6 is 15.8 Å². The first-order valence-electron chi connectivity index (χ1n) is 19.1. The summed E-state index contributed by atoms with van der Waals surface area (Å²) in [6, 6.07) is 16.4. The third-order valence-corrected chi connectivity index (χ3v) is 15.7. The van der Waals surface area contributed by atoms with E-state index < -0.39 is 79.1 Å². The van der Waals surface area contributed by atoms with E-state index in [2.05, 4.69) is 0 Å². The Kier molecular flexibility index (Phi) is 13.3. The predicted octanol–water partition coefficient (Wildman–Crippen LogP) is 12.8. The number of benzene rings is 5. The highest BCUT2D eigenvalue weighted by Crippen LogP contribution is 2.53. The average Bonchev–Trinajstić information content (AvgIpc) is 3.67. The molecule has 1 atom stereocenters. The van der Waals surface area contributed by atoms with Gasteiger partial charge in [0, 0.05) is 5.92 Å². The van der Waals surface area contributed by atoms with Crippen molar-refractivity contribution in [3.05, 3.63) is 159 Å². The second-order valence-corrected chi connectivity index (χ2v) is 19.8. The first kappa shape index (κ1) is 47.7. The quantitative estimate of drug-likeness (QED) is 0.103. The van der Waals surface area contributed by atoms with Crippen molar-refractivity contribution >= 4 is 47.9 Å². The van der Waals surface area contributed by atoms with Gasteiger partial charge in [-0.15, -0.1) is 0 Å². The molecule has 0 fully saturated rings. The Hall–Kier alpha value is -4.80. The molecule has 1 radical (unpaired) electrons. The third kappa shape index (κ3) is 9.97. The molecule has 1 aliphatic rings. The molecular formula is C47H39F12O2P2. The van der Waals surface area contributed by atoms with Gasteiger partial charge in [-0.05, 0) is 170 Å². The molecule has 16 heteroatoms. The zero-order valence-corrected chi connectivity index (χ0v) is 36.4. The standard InChI is InChI=1S/C47H39F12O2P2/c1-25-15-34(16-26(2)42(25)60-6)63(35-17-27(3)43(61-7)28(4)18-35)41-14-9-8-11-40(41)39-13-10-12-38(39)29(5)62(36-21-30(44(48,49)50)19-31(22-36)45(51,52)53)37-23-32(46(54,55)56)20-33(24-37)47(57,58)59/h8-24,29H,1-7H3/t29-/m1/s1. The zero-order valence-electron chi connectivity index (χ0n) is 34.6. The molecule has 5 aromatic rings. The molecule has 1 aliphatic carbocycles. The van der Waals surface area contributed by atoms with Crippen LogP contribution in [0.25, 0.3) is 5.57 Å². The number of methoxy groups -OCH3 is 2. The van der Waals surface area contributed by atoms with Gasteiger partial charge in [-0.2, -0.15) is 52.7 Å². The van der Waals surface area contributed by atoms with Gasteiger partial charge in [-0.25, -0.2) is 0 Å². The summed E-state index contributed by atoms with van der Waals surface area (Å²) in [5.41, 5.74) is -3.92. The number of halogens is 12. The van der Waals surface area contributed by atoms with E-state index in [9.17, 15) is 52.7 Å². The van der Waals surface area contributed by atoms with Crippen LogP contribution in [-0.2, 0) is 24.7 Å². The fourth-order valence-electron chi connectivity index (χ4n) is 8.01. The maximum absolute atomic E-state index is 14.3. The third-order valence-electron chi connectivity index (χ3n) is 10.6. The van der Waals surface area contributed by atoms with Crippen molar-refractivity contribution in [1.82, 2.24) is 0 Å². The van der Waals surface area contributed by atoms with Crippen molar-refractivity contribution in [2.75, 3.05) is 14.2 Å². The van der Waals surface area contributed by atoms with Crippen molar-refractivity contribution in [2.45, 2.75) is 65.0 Å². The van der Waals surface area contributed by atoms with E-state index in [0.717, 1.165) is 38.2 Å². The van der Waals surface area contributed by atoms with Gasteiger partial charge in [0.25, 0.3) is 0 Å². The van der Waals surface area contributed by atoms with Gasteiger partial charge in [0.15, 0.2) is 0 Å². The van der Waals surface area contributed by atoms with Crippen molar-refractivity contribution in [2.24, 2.45) is 0 Å². The summed E-state index contributed by atoms with van der Waals surface area (Å²) >= 11 is 0. The molecule has 5 aromatic carbocycles. The van der Waals surface area contributed by atoms with Crippen LogP contribution in [-0.4, -0.2) is 19.9 Å². The molecule has 0 bridgehead atoms. The predicted molar refractivity (Wildman–Crippen MR) is 226 cm³/mol. The summed E-state index contributed by atoms with van der Waals surface area (Å²) in [7, 11) is -1.25. The Labute approximate surface area is 359 Å². The van der Waals surface area contributed by atoms with Gasteiger partial charge in [0.2, 0.25) is 0 Å². The van der Waals surface area contributed by atoms with E-state index in [4.69, 9.17) is 9.47 Å². The summed E-state index contributed by atoms with van der Waals surface area (Å²) in [6.45, 7) is 8.98. The van der Waals surface area contributed by atoms with Crippen LogP contribution < -0.4 is 36.0 Å². The molecule has 0 spiro atoms. The molecular weight excluding hydrogens is 886 g/mol. The highest BCUT2D eigenvalue weighted by molar-refractivity contribution is 7.80. The van der Waals surface area contributed by atoms with Crippen LogP contribution in [0.1, 0.15) is 57.0 Å². The number of hydrogen-bond donors (Lipinski definition) is 0. The molecule has 333 valence electrons. The van der Waals surface area contributed by atoms with Crippen molar-refractivity contribution in [3.63, 3.8) is 0 Å². The fourth-order valence-corrected chi connectivity index (χ4v) is 13.6. The summed E-state index contributed by atoms with van der Waals surface area (Å²) < 4.78 is 183. The Morgan fingerprint density at radius 2 is 0.857 bits per heavy atom. The van der Waals surface area contributed by atoms with Crippen LogP contribution in [0.2, 0.25) is 0 Å². The summed E-state index contributed by atoms with van der Waals surface area (Å²) in [5, 5.41) is 1.12. The number of aryl methyl sites for hydroxylation is 4. The summed E-state index contributed by atoms with van der Waals surface area (Å²) in [5.74, 6) is 1.64. The molecule has 0 heterocycles. The first-order valence-corrected chi connectivity index (χ1v) is 21.8. The minimum absolute atomic E-state index is 0.132.